The van der Waals surface area contributed by atoms with Gasteiger partial charge in [-0.1, -0.05) is 13.8 Å². The number of nitrogens with zero attached hydrogens (tertiary/aromatic N) is 3. The van der Waals surface area contributed by atoms with E-state index in [-0.39, 0.29) is 0 Å². The second kappa shape index (κ2) is 5.75. The lowest BCUT2D eigenvalue weighted by molar-refractivity contribution is 0.537. The minimum Gasteiger partial charge on any atom is -0.316 e. The van der Waals surface area contributed by atoms with Gasteiger partial charge in [-0.2, -0.15) is 5.10 Å². The second-order valence-electron chi connectivity index (χ2n) is 3.84. The molecule has 0 spiro atoms. The third-order valence-corrected chi connectivity index (χ3v) is 2.07. The number of aromatic nitrogens is 3. The highest BCUT2D eigenvalue weighted by Crippen LogP contribution is 1.94. The Morgan fingerprint density at radius 3 is 2.93 bits per heavy atom. The SMILES string of the molecule is CCn1ncnc1CCNCC(C)C. The summed E-state index contributed by atoms with van der Waals surface area (Å²) >= 11 is 0. The predicted octanol–water partition coefficient (Wildman–Crippen LogP) is 1.09. The van der Waals surface area contributed by atoms with Gasteiger partial charge in [0, 0.05) is 19.5 Å². The maximum absolute atomic E-state index is 4.22. The van der Waals surface area contributed by atoms with E-state index in [2.05, 4.69) is 36.2 Å². The molecule has 4 heteroatoms. The van der Waals surface area contributed by atoms with Crippen LogP contribution in [0, 0.1) is 5.92 Å². The van der Waals surface area contributed by atoms with Gasteiger partial charge >= 0.3 is 0 Å². The van der Waals surface area contributed by atoms with E-state index >= 15 is 0 Å². The zero-order valence-electron chi connectivity index (χ0n) is 9.32. The summed E-state index contributed by atoms with van der Waals surface area (Å²) in [5.41, 5.74) is 0. The van der Waals surface area contributed by atoms with Gasteiger partial charge in [-0.15, -0.1) is 0 Å². The maximum Gasteiger partial charge on any atom is 0.138 e. The highest BCUT2D eigenvalue weighted by atomic mass is 15.3. The molecule has 0 aromatic carbocycles. The molecule has 0 atom stereocenters. The highest BCUT2D eigenvalue weighted by molar-refractivity contribution is 4.85. The summed E-state index contributed by atoms with van der Waals surface area (Å²) in [7, 11) is 0. The molecule has 0 radical (unpaired) electrons. The van der Waals surface area contributed by atoms with E-state index in [1.165, 1.54) is 0 Å². The molecule has 1 aromatic heterocycles. The summed E-state index contributed by atoms with van der Waals surface area (Å²) in [5, 5.41) is 7.52. The van der Waals surface area contributed by atoms with Crippen LogP contribution in [-0.4, -0.2) is 27.9 Å². The van der Waals surface area contributed by atoms with E-state index in [0.29, 0.717) is 5.92 Å². The Morgan fingerprint density at radius 1 is 1.50 bits per heavy atom. The van der Waals surface area contributed by atoms with Crippen molar-refractivity contribution >= 4 is 0 Å². The van der Waals surface area contributed by atoms with Crippen molar-refractivity contribution in [3.05, 3.63) is 12.2 Å². The summed E-state index contributed by atoms with van der Waals surface area (Å²) in [5.74, 6) is 1.78. The van der Waals surface area contributed by atoms with Crippen molar-refractivity contribution in [2.75, 3.05) is 13.1 Å². The summed E-state index contributed by atoms with van der Waals surface area (Å²) < 4.78 is 1.94. The maximum atomic E-state index is 4.22. The van der Waals surface area contributed by atoms with Crippen LogP contribution in [0.3, 0.4) is 0 Å². The van der Waals surface area contributed by atoms with E-state index in [4.69, 9.17) is 0 Å². The first-order valence-corrected chi connectivity index (χ1v) is 5.31. The van der Waals surface area contributed by atoms with Gasteiger partial charge in [-0.25, -0.2) is 4.98 Å². The summed E-state index contributed by atoms with van der Waals surface area (Å²) in [6.07, 6.45) is 2.59. The molecule has 0 bridgehead atoms. The van der Waals surface area contributed by atoms with Crippen molar-refractivity contribution in [1.82, 2.24) is 20.1 Å². The van der Waals surface area contributed by atoms with Crippen molar-refractivity contribution in [2.24, 2.45) is 5.92 Å². The van der Waals surface area contributed by atoms with Crippen molar-refractivity contribution in [1.29, 1.82) is 0 Å². The molecular weight excluding hydrogens is 176 g/mol. The largest absolute Gasteiger partial charge is 0.316 e. The topological polar surface area (TPSA) is 42.7 Å². The molecule has 14 heavy (non-hydrogen) atoms. The zero-order chi connectivity index (χ0) is 10.4. The van der Waals surface area contributed by atoms with Gasteiger partial charge in [-0.3, -0.25) is 4.68 Å². The molecular formula is C10H20N4. The molecule has 80 valence electrons. The smallest absolute Gasteiger partial charge is 0.138 e. The molecule has 0 saturated heterocycles. The molecule has 0 aliphatic carbocycles. The highest BCUT2D eigenvalue weighted by Gasteiger charge is 2.01. The van der Waals surface area contributed by atoms with Gasteiger partial charge < -0.3 is 5.32 Å². The third-order valence-electron chi connectivity index (χ3n) is 2.07. The Morgan fingerprint density at radius 2 is 2.29 bits per heavy atom. The van der Waals surface area contributed by atoms with Crippen LogP contribution in [0.25, 0.3) is 0 Å². The Balaban J connectivity index is 2.24. The monoisotopic (exact) mass is 196 g/mol. The molecule has 1 aromatic rings. The van der Waals surface area contributed by atoms with E-state index < -0.39 is 0 Å². The van der Waals surface area contributed by atoms with Crippen LogP contribution >= 0.6 is 0 Å². The average Bonchev–Trinajstić information content (AvgIpc) is 2.59. The van der Waals surface area contributed by atoms with Crippen LogP contribution in [0.1, 0.15) is 26.6 Å². The molecule has 4 nitrogen and oxygen atoms in total. The molecule has 1 rings (SSSR count). The van der Waals surface area contributed by atoms with Crippen LogP contribution in [0.2, 0.25) is 0 Å². The summed E-state index contributed by atoms with van der Waals surface area (Å²) in [6, 6.07) is 0. The second-order valence-corrected chi connectivity index (χ2v) is 3.84. The van der Waals surface area contributed by atoms with Gasteiger partial charge in [0.15, 0.2) is 0 Å². The first kappa shape index (κ1) is 11.2. The third kappa shape index (κ3) is 3.46. The van der Waals surface area contributed by atoms with Gasteiger partial charge in [0.2, 0.25) is 0 Å². The van der Waals surface area contributed by atoms with Gasteiger partial charge in [0.05, 0.1) is 0 Å². The minimum absolute atomic E-state index is 0.707. The summed E-state index contributed by atoms with van der Waals surface area (Å²) in [6.45, 7) is 9.46. The fraction of sp³-hybridized carbons (Fsp3) is 0.800. The van der Waals surface area contributed by atoms with Crippen molar-refractivity contribution < 1.29 is 0 Å². The number of hydrogen-bond acceptors (Lipinski definition) is 3. The van der Waals surface area contributed by atoms with Gasteiger partial charge in [0.1, 0.15) is 12.2 Å². The van der Waals surface area contributed by atoms with E-state index in [0.717, 1.165) is 31.9 Å². The van der Waals surface area contributed by atoms with Crippen LogP contribution < -0.4 is 5.32 Å². The average molecular weight is 196 g/mol. The Hall–Kier alpha value is -0.900. The number of hydrogen-bond donors (Lipinski definition) is 1. The Labute approximate surface area is 85.7 Å². The van der Waals surface area contributed by atoms with Crippen molar-refractivity contribution in [3.8, 4) is 0 Å². The van der Waals surface area contributed by atoms with E-state index in [1.807, 2.05) is 4.68 Å². The zero-order valence-corrected chi connectivity index (χ0v) is 9.32. The standard InChI is InChI=1S/C10H20N4/c1-4-14-10(12-8-13-14)5-6-11-7-9(2)3/h8-9,11H,4-7H2,1-3H3. The Bertz CT molecular complexity index is 254. The normalized spacial score (nSPS) is 11.1. The van der Waals surface area contributed by atoms with Gasteiger partial charge in [-0.05, 0) is 19.4 Å². The molecule has 0 amide bonds. The molecule has 1 heterocycles. The predicted molar refractivity (Wildman–Crippen MR) is 57.1 cm³/mol. The number of aryl methyl sites for hydroxylation is 1. The molecule has 0 fully saturated rings. The molecule has 0 unspecified atom stereocenters. The first-order valence-electron chi connectivity index (χ1n) is 5.31. The molecule has 0 aliphatic heterocycles. The lowest BCUT2D eigenvalue weighted by Crippen LogP contribution is -2.23. The number of nitrogens with one attached hydrogen (secondary N) is 1. The van der Waals surface area contributed by atoms with Gasteiger partial charge in [0.25, 0.3) is 0 Å². The van der Waals surface area contributed by atoms with Crippen molar-refractivity contribution in [2.45, 2.75) is 33.7 Å². The quantitative estimate of drug-likeness (QED) is 0.692. The van der Waals surface area contributed by atoms with Crippen molar-refractivity contribution in [3.63, 3.8) is 0 Å². The molecule has 0 aliphatic rings. The molecule has 0 saturated carbocycles. The van der Waals surface area contributed by atoms with E-state index in [9.17, 15) is 0 Å². The summed E-state index contributed by atoms with van der Waals surface area (Å²) in [4.78, 5) is 4.22. The molecule has 1 N–H and O–H groups in total. The van der Waals surface area contributed by atoms with Crippen LogP contribution in [-0.2, 0) is 13.0 Å². The lowest BCUT2D eigenvalue weighted by atomic mass is 10.2. The minimum atomic E-state index is 0.707. The fourth-order valence-corrected chi connectivity index (χ4v) is 1.34. The Kier molecular flexibility index (Phi) is 4.59. The van der Waals surface area contributed by atoms with E-state index in [1.54, 1.807) is 6.33 Å². The lowest BCUT2D eigenvalue weighted by Gasteiger charge is -2.07. The fourth-order valence-electron chi connectivity index (χ4n) is 1.34. The number of rotatable bonds is 6. The first-order chi connectivity index (χ1) is 6.74. The van der Waals surface area contributed by atoms with Crippen LogP contribution in [0.15, 0.2) is 6.33 Å². The van der Waals surface area contributed by atoms with Crippen LogP contribution in [0.4, 0.5) is 0 Å². The van der Waals surface area contributed by atoms with Crippen LogP contribution in [0.5, 0.6) is 0 Å².